The topological polar surface area (TPSA) is 63.0 Å². The van der Waals surface area contributed by atoms with Crippen molar-refractivity contribution in [2.75, 3.05) is 13.1 Å². The molecule has 1 aliphatic rings. The summed E-state index contributed by atoms with van der Waals surface area (Å²) in [6.07, 6.45) is 1.57. The van der Waals surface area contributed by atoms with Crippen LogP contribution >= 0.6 is 0 Å². The summed E-state index contributed by atoms with van der Waals surface area (Å²) in [5.74, 6) is 0.0644. The highest BCUT2D eigenvalue weighted by molar-refractivity contribution is 5.15. The van der Waals surface area contributed by atoms with Gasteiger partial charge in [0.2, 0.25) is 0 Å². The number of hydrogen-bond acceptors (Lipinski definition) is 4. The van der Waals surface area contributed by atoms with Crippen molar-refractivity contribution >= 4 is 0 Å². The summed E-state index contributed by atoms with van der Waals surface area (Å²) in [5, 5.41) is 21.2. The highest BCUT2D eigenvalue weighted by Gasteiger charge is 2.28. The first-order chi connectivity index (χ1) is 8.83. The van der Waals surface area contributed by atoms with E-state index in [1.807, 2.05) is 29.1 Å². The second-order valence-corrected chi connectivity index (χ2v) is 4.66. The molecule has 1 aliphatic heterocycles. The molecule has 0 aliphatic carbocycles. The van der Waals surface area contributed by atoms with Gasteiger partial charge in [0, 0.05) is 25.2 Å². The molecule has 1 saturated heterocycles. The lowest BCUT2D eigenvalue weighted by atomic mass is 10.0. The van der Waals surface area contributed by atoms with Gasteiger partial charge in [-0.15, -0.1) is 5.10 Å². The van der Waals surface area contributed by atoms with Crippen molar-refractivity contribution in [3.05, 3.63) is 47.8 Å². The monoisotopic (exact) mass is 244 g/mol. The molecule has 5 heteroatoms. The maximum Gasteiger partial charge on any atom is 0.0897 e. The number of aliphatic hydroxyl groups excluding tert-OH is 1. The SMILES string of the molecule is O[C@@H]1CNC[C@H]1c1cn(Cc2ccccc2)nn1. The van der Waals surface area contributed by atoms with E-state index >= 15 is 0 Å². The third-order valence-electron chi connectivity index (χ3n) is 3.31. The number of hydrogen-bond donors (Lipinski definition) is 2. The fourth-order valence-electron chi connectivity index (χ4n) is 2.30. The molecule has 2 N–H and O–H groups in total. The summed E-state index contributed by atoms with van der Waals surface area (Å²) >= 11 is 0. The van der Waals surface area contributed by atoms with Crippen molar-refractivity contribution < 1.29 is 5.11 Å². The molecule has 1 fully saturated rings. The Labute approximate surface area is 105 Å². The summed E-state index contributed by atoms with van der Waals surface area (Å²) in [5.41, 5.74) is 2.06. The van der Waals surface area contributed by atoms with Gasteiger partial charge < -0.3 is 10.4 Å². The van der Waals surface area contributed by atoms with E-state index in [9.17, 15) is 5.11 Å². The Kier molecular flexibility index (Phi) is 3.08. The Morgan fingerprint density at radius 1 is 1.28 bits per heavy atom. The van der Waals surface area contributed by atoms with Gasteiger partial charge in [0.05, 0.1) is 18.3 Å². The molecular weight excluding hydrogens is 228 g/mol. The Balaban J connectivity index is 1.74. The average Bonchev–Trinajstić information content (AvgIpc) is 2.99. The number of nitrogens with one attached hydrogen (secondary N) is 1. The third kappa shape index (κ3) is 2.27. The molecule has 2 atom stereocenters. The summed E-state index contributed by atoms with van der Waals surface area (Å²) in [6.45, 7) is 2.12. The molecule has 18 heavy (non-hydrogen) atoms. The number of aromatic nitrogens is 3. The van der Waals surface area contributed by atoms with E-state index in [-0.39, 0.29) is 12.0 Å². The Hall–Kier alpha value is -1.72. The Morgan fingerprint density at radius 2 is 2.11 bits per heavy atom. The number of aliphatic hydroxyl groups is 1. The van der Waals surface area contributed by atoms with E-state index in [1.165, 1.54) is 5.56 Å². The highest BCUT2D eigenvalue weighted by atomic mass is 16.3. The minimum Gasteiger partial charge on any atom is -0.391 e. The van der Waals surface area contributed by atoms with Crippen molar-refractivity contribution in [3.63, 3.8) is 0 Å². The predicted molar refractivity (Wildman–Crippen MR) is 67.2 cm³/mol. The van der Waals surface area contributed by atoms with Gasteiger partial charge in [-0.05, 0) is 5.56 Å². The van der Waals surface area contributed by atoms with Gasteiger partial charge in [-0.3, -0.25) is 0 Å². The van der Waals surface area contributed by atoms with E-state index in [4.69, 9.17) is 0 Å². The largest absolute Gasteiger partial charge is 0.391 e. The molecule has 3 rings (SSSR count). The quantitative estimate of drug-likeness (QED) is 0.819. The molecular formula is C13H16N4O. The minimum absolute atomic E-state index is 0.0644. The first-order valence-corrected chi connectivity index (χ1v) is 6.15. The van der Waals surface area contributed by atoms with Crippen molar-refractivity contribution in [3.8, 4) is 0 Å². The summed E-state index contributed by atoms with van der Waals surface area (Å²) < 4.78 is 1.82. The molecule has 0 bridgehead atoms. The van der Waals surface area contributed by atoms with Crippen LogP contribution in [0.5, 0.6) is 0 Å². The van der Waals surface area contributed by atoms with Crippen LogP contribution in [-0.2, 0) is 6.54 Å². The minimum atomic E-state index is -0.355. The highest BCUT2D eigenvalue weighted by Crippen LogP contribution is 2.20. The van der Waals surface area contributed by atoms with Crippen molar-refractivity contribution in [2.24, 2.45) is 0 Å². The van der Waals surface area contributed by atoms with E-state index in [2.05, 4.69) is 27.8 Å². The average molecular weight is 244 g/mol. The fraction of sp³-hybridized carbons (Fsp3) is 0.385. The van der Waals surface area contributed by atoms with Gasteiger partial charge in [-0.1, -0.05) is 35.5 Å². The zero-order valence-corrected chi connectivity index (χ0v) is 10.0. The second-order valence-electron chi connectivity index (χ2n) is 4.66. The lowest BCUT2D eigenvalue weighted by molar-refractivity contribution is 0.176. The van der Waals surface area contributed by atoms with Crippen LogP contribution in [0.3, 0.4) is 0 Å². The van der Waals surface area contributed by atoms with E-state index < -0.39 is 0 Å². The molecule has 0 radical (unpaired) electrons. The molecule has 5 nitrogen and oxygen atoms in total. The number of nitrogens with zero attached hydrogens (tertiary/aromatic N) is 3. The number of β-amino-alcohol motifs (C(OH)–C–C–N with tert-alkyl or cyclic N) is 1. The van der Waals surface area contributed by atoms with Gasteiger partial charge in [-0.2, -0.15) is 0 Å². The molecule has 2 heterocycles. The lowest BCUT2D eigenvalue weighted by Gasteiger charge is -2.08. The number of rotatable bonds is 3. The zero-order chi connectivity index (χ0) is 12.4. The van der Waals surface area contributed by atoms with Crippen LogP contribution in [0.2, 0.25) is 0 Å². The summed E-state index contributed by atoms with van der Waals surface area (Å²) in [4.78, 5) is 0. The fourth-order valence-corrected chi connectivity index (χ4v) is 2.30. The number of benzene rings is 1. The van der Waals surface area contributed by atoms with Crippen LogP contribution < -0.4 is 5.32 Å². The second kappa shape index (κ2) is 4.88. The van der Waals surface area contributed by atoms with E-state index in [0.717, 1.165) is 12.2 Å². The van der Waals surface area contributed by atoms with Gasteiger partial charge in [0.1, 0.15) is 0 Å². The summed E-state index contributed by atoms with van der Waals surface area (Å²) in [7, 11) is 0. The molecule has 1 aromatic heterocycles. The first-order valence-electron chi connectivity index (χ1n) is 6.15. The Morgan fingerprint density at radius 3 is 2.83 bits per heavy atom. The molecule has 0 saturated carbocycles. The molecule has 1 aromatic carbocycles. The zero-order valence-electron chi connectivity index (χ0n) is 10.0. The van der Waals surface area contributed by atoms with Crippen molar-refractivity contribution in [2.45, 2.75) is 18.6 Å². The first kappa shape index (κ1) is 11.4. The van der Waals surface area contributed by atoms with Gasteiger partial charge >= 0.3 is 0 Å². The summed E-state index contributed by atoms with van der Waals surface area (Å²) in [6, 6.07) is 10.1. The molecule has 0 unspecified atom stereocenters. The third-order valence-corrected chi connectivity index (χ3v) is 3.31. The predicted octanol–water partition coefficient (Wildman–Crippen LogP) is 0.374. The van der Waals surface area contributed by atoms with Gasteiger partial charge in [0.25, 0.3) is 0 Å². The van der Waals surface area contributed by atoms with Crippen LogP contribution in [0.1, 0.15) is 17.2 Å². The normalized spacial score (nSPS) is 23.4. The molecule has 2 aromatic rings. The van der Waals surface area contributed by atoms with E-state index in [0.29, 0.717) is 13.1 Å². The van der Waals surface area contributed by atoms with Crippen LogP contribution in [0.15, 0.2) is 36.5 Å². The maximum atomic E-state index is 9.80. The van der Waals surface area contributed by atoms with E-state index in [1.54, 1.807) is 0 Å². The lowest BCUT2D eigenvalue weighted by Crippen LogP contribution is -2.16. The van der Waals surface area contributed by atoms with Crippen molar-refractivity contribution in [1.29, 1.82) is 0 Å². The van der Waals surface area contributed by atoms with Gasteiger partial charge in [-0.25, -0.2) is 4.68 Å². The van der Waals surface area contributed by atoms with Crippen molar-refractivity contribution in [1.82, 2.24) is 20.3 Å². The smallest absolute Gasteiger partial charge is 0.0897 e. The van der Waals surface area contributed by atoms with Crippen LogP contribution in [0.25, 0.3) is 0 Å². The Bertz CT molecular complexity index is 511. The maximum absolute atomic E-state index is 9.80. The van der Waals surface area contributed by atoms with Crippen LogP contribution in [0.4, 0.5) is 0 Å². The van der Waals surface area contributed by atoms with Gasteiger partial charge in [0.15, 0.2) is 0 Å². The molecule has 94 valence electrons. The van der Waals surface area contributed by atoms with Crippen LogP contribution in [0, 0.1) is 0 Å². The standard InChI is InChI=1S/C13H16N4O/c18-13-7-14-6-11(13)12-9-17(16-15-12)8-10-4-2-1-3-5-10/h1-5,9,11,13-14,18H,6-8H2/t11-,13+/m0/s1. The molecule has 0 amide bonds. The molecule has 0 spiro atoms. The van der Waals surface area contributed by atoms with Crippen LogP contribution in [-0.4, -0.2) is 39.3 Å².